The van der Waals surface area contributed by atoms with Crippen LogP contribution in [0.1, 0.15) is 57.6 Å². The van der Waals surface area contributed by atoms with E-state index in [2.05, 4.69) is 40.7 Å². The number of ether oxygens (including phenoxy) is 1. The van der Waals surface area contributed by atoms with Crippen LogP contribution in [0.5, 0.6) is 5.75 Å². The van der Waals surface area contributed by atoms with E-state index in [4.69, 9.17) is 4.74 Å². The Balaban J connectivity index is 2.20. The zero-order chi connectivity index (χ0) is 21.1. The first-order valence-corrected chi connectivity index (χ1v) is 8.97. The molecule has 0 saturated heterocycles. The van der Waals surface area contributed by atoms with Crippen molar-refractivity contribution < 1.29 is 27.1 Å². The maximum Gasteiger partial charge on any atom is 0.470 e. The highest BCUT2D eigenvalue weighted by atomic mass is 19.4. The number of nitrogens with zero attached hydrogens (tertiary/aromatic N) is 2. The van der Waals surface area contributed by atoms with Crippen LogP contribution in [0.25, 0.3) is 0 Å². The molecule has 28 heavy (non-hydrogen) atoms. The van der Waals surface area contributed by atoms with Crippen LogP contribution >= 0.6 is 0 Å². The number of anilines is 1. The molecule has 154 valence electrons. The Bertz CT molecular complexity index is 831. The lowest BCUT2D eigenvalue weighted by Crippen LogP contribution is -2.33. The topological polar surface area (TPSA) is 77.2 Å². The lowest BCUT2D eigenvalue weighted by Gasteiger charge is -2.28. The fraction of sp³-hybridized carbons (Fsp3) is 0.526. The molecule has 0 aliphatic rings. The molecule has 6 nitrogen and oxygen atoms in total. The van der Waals surface area contributed by atoms with Crippen LogP contribution < -0.4 is 10.1 Å². The molecule has 0 saturated carbocycles. The maximum absolute atomic E-state index is 12.5. The predicted molar refractivity (Wildman–Crippen MR) is 97.1 cm³/mol. The molecule has 1 N–H and O–H groups in total. The van der Waals surface area contributed by atoms with Crippen molar-refractivity contribution in [2.45, 2.75) is 65.2 Å². The second-order valence-corrected chi connectivity index (χ2v) is 7.15. The van der Waals surface area contributed by atoms with Crippen molar-refractivity contribution in [2.75, 3.05) is 5.32 Å². The van der Waals surface area contributed by atoms with E-state index < -0.39 is 30.1 Å². The van der Waals surface area contributed by atoms with Gasteiger partial charge in [-0.3, -0.25) is 10.1 Å². The molecule has 1 aromatic heterocycles. The molecule has 2 rings (SSSR count). The molecule has 0 spiro atoms. The molecule has 2 aromatic rings. The van der Waals surface area contributed by atoms with Crippen LogP contribution in [0.2, 0.25) is 0 Å². The van der Waals surface area contributed by atoms with Crippen molar-refractivity contribution >= 4 is 11.9 Å². The van der Waals surface area contributed by atoms with Crippen LogP contribution in [0.4, 0.5) is 19.2 Å². The van der Waals surface area contributed by atoms with Gasteiger partial charge in [0.05, 0.1) is 0 Å². The number of amides is 1. The summed E-state index contributed by atoms with van der Waals surface area (Å²) >= 11 is 0. The smallest absolute Gasteiger partial charge is 0.470 e. The quantitative estimate of drug-likeness (QED) is 0.718. The number of nitrogens with one attached hydrogen (secondary N) is 1. The lowest BCUT2D eigenvalue weighted by molar-refractivity contribution is -0.157. The summed E-state index contributed by atoms with van der Waals surface area (Å²) in [5.74, 6) is -1.64. The van der Waals surface area contributed by atoms with Crippen molar-refractivity contribution in [3.05, 3.63) is 35.2 Å². The lowest BCUT2D eigenvalue weighted by atomic mass is 9.81. The van der Waals surface area contributed by atoms with Crippen molar-refractivity contribution in [1.29, 1.82) is 0 Å². The third-order valence-corrected chi connectivity index (χ3v) is 4.58. The van der Waals surface area contributed by atoms with Gasteiger partial charge in [0.15, 0.2) is 6.10 Å². The van der Waals surface area contributed by atoms with Gasteiger partial charge in [-0.2, -0.15) is 13.2 Å². The molecular formula is C19H24F3N3O3. The van der Waals surface area contributed by atoms with Crippen molar-refractivity contribution in [3.8, 4) is 5.75 Å². The molecule has 9 heteroatoms. The summed E-state index contributed by atoms with van der Waals surface area (Å²) in [6.07, 6.45) is -4.56. The number of rotatable bonds is 7. The van der Waals surface area contributed by atoms with Gasteiger partial charge in [-0.25, -0.2) is 0 Å². The molecule has 1 heterocycles. The molecule has 1 aromatic carbocycles. The number of hydrogen-bond acceptors (Lipinski definition) is 5. The first kappa shape index (κ1) is 21.7. The molecule has 0 aliphatic heterocycles. The zero-order valence-electron chi connectivity index (χ0n) is 16.5. The fourth-order valence-electron chi connectivity index (χ4n) is 2.52. The highest BCUT2D eigenvalue weighted by Gasteiger charge is 2.38. The molecule has 1 unspecified atom stereocenters. The van der Waals surface area contributed by atoms with E-state index in [1.165, 1.54) is 0 Å². The van der Waals surface area contributed by atoms with Gasteiger partial charge in [0, 0.05) is 5.56 Å². The fourth-order valence-corrected chi connectivity index (χ4v) is 2.52. The monoisotopic (exact) mass is 399 g/mol. The molecule has 0 fully saturated rings. The Hall–Kier alpha value is -2.58. The van der Waals surface area contributed by atoms with E-state index in [1.807, 2.05) is 19.1 Å². The van der Waals surface area contributed by atoms with Crippen LogP contribution in [-0.4, -0.2) is 22.2 Å². The minimum atomic E-state index is -4.78. The summed E-state index contributed by atoms with van der Waals surface area (Å²) in [7, 11) is 0. The normalized spacial score (nSPS) is 13.3. The Morgan fingerprint density at radius 1 is 1.25 bits per heavy atom. The van der Waals surface area contributed by atoms with E-state index in [-0.39, 0.29) is 5.41 Å². The number of hydrogen-bond donors (Lipinski definition) is 1. The van der Waals surface area contributed by atoms with E-state index in [1.54, 1.807) is 13.0 Å². The van der Waals surface area contributed by atoms with Gasteiger partial charge in [-0.1, -0.05) is 50.5 Å². The Morgan fingerprint density at radius 3 is 2.46 bits per heavy atom. The number of alkyl halides is 3. The van der Waals surface area contributed by atoms with Gasteiger partial charge >= 0.3 is 18.1 Å². The number of carbonyl (C=O) groups excluding carboxylic acids is 1. The standard InChI is InChI=1S/C19H24F3N3O3/c1-6-13(15(26)23-17-25-24-16(28-17)19(20,21)22)27-14-9-8-11(3)10-12(14)18(4,5)7-2/h8-10,13H,6-7H2,1-5H3,(H,23,25,26). The number of halogens is 3. The minimum Gasteiger partial charge on any atom is -0.480 e. The van der Waals surface area contributed by atoms with Gasteiger partial charge in [0.25, 0.3) is 5.91 Å². The third kappa shape index (κ3) is 5.02. The van der Waals surface area contributed by atoms with Gasteiger partial charge in [0.2, 0.25) is 0 Å². The molecule has 1 atom stereocenters. The predicted octanol–water partition coefficient (Wildman–Crippen LogP) is 4.88. The number of aromatic nitrogens is 2. The maximum atomic E-state index is 12.5. The molecule has 0 radical (unpaired) electrons. The first-order chi connectivity index (χ1) is 13.0. The third-order valence-electron chi connectivity index (χ3n) is 4.58. The highest BCUT2D eigenvalue weighted by Crippen LogP contribution is 2.35. The summed E-state index contributed by atoms with van der Waals surface area (Å²) in [6, 6.07) is 5.06. The molecule has 1 amide bonds. The Morgan fingerprint density at radius 2 is 1.93 bits per heavy atom. The second-order valence-electron chi connectivity index (χ2n) is 7.15. The summed E-state index contributed by atoms with van der Waals surface area (Å²) < 4.78 is 48.0. The molecule has 0 bridgehead atoms. The molecular weight excluding hydrogens is 375 g/mol. The van der Waals surface area contributed by atoms with Crippen molar-refractivity contribution in [1.82, 2.24) is 10.2 Å². The minimum absolute atomic E-state index is 0.176. The van der Waals surface area contributed by atoms with Gasteiger partial charge in [0.1, 0.15) is 5.75 Å². The van der Waals surface area contributed by atoms with E-state index in [0.717, 1.165) is 17.5 Å². The van der Waals surface area contributed by atoms with E-state index in [9.17, 15) is 18.0 Å². The van der Waals surface area contributed by atoms with Crippen LogP contribution in [0.3, 0.4) is 0 Å². The highest BCUT2D eigenvalue weighted by molar-refractivity contribution is 5.92. The number of carbonyl (C=O) groups is 1. The number of benzene rings is 1. The summed E-state index contributed by atoms with van der Waals surface area (Å²) in [5, 5.41) is 8.27. The first-order valence-electron chi connectivity index (χ1n) is 8.97. The van der Waals surface area contributed by atoms with Gasteiger partial charge in [-0.15, -0.1) is 5.10 Å². The van der Waals surface area contributed by atoms with E-state index >= 15 is 0 Å². The average molecular weight is 399 g/mol. The van der Waals surface area contributed by atoms with E-state index in [0.29, 0.717) is 12.2 Å². The second kappa shape index (κ2) is 8.20. The van der Waals surface area contributed by atoms with Crippen LogP contribution in [0.15, 0.2) is 22.6 Å². The van der Waals surface area contributed by atoms with Crippen LogP contribution in [-0.2, 0) is 16.4 Å². The van der Waals surface area contributed by atoms with Gasteiger partial charge in [-0.05, 0) is 31.2 Å². The average Bonchev–Trinajstić information content (AvgIpc) is 3.09. The van der Waals surface area contributed by atoms with Crippen molar-refractivity contribution in [2.24, 2.45) is 0 Å². The SMILES string of the molecule is CCC(Oc1ccc(C)cc1C(C)(C)CC)C(=O)Nc1nnc(C(F)(F)F)o1. The number of aryl methyl sites for hydroxylation is 1. The van der Waals surface area contributed by atoms with Crippen LogP contribution in [0, 0.1) is 6.92 Å². The van der Waals surface area contributed by atoms with Crippen molar-refractivity contribution in [3.63, 3.8) is 0 Å². The summed E-state index contributed by atoms with van der Waals surface area (Å²) in [5.41, 5.74) is 1.84. The zero-order valence-corrected chi connectivity index (χ0v) is 16.5. The molecule has 0 aliphatic carbocycles. The Labute approximate surface area is 161 Å². The summed E-state index contributed by atoms with van der Waals surface area (Å²) in [4.78, 5) is 12.5. The summed E-state index contributed by atoms with van der Waals surface area (Å²) in [6.45, 7) is 9.92. The van der Waals surface area contributed by atoms with Gasteiger partial charge < -0.3 is 9.15 Å². The Kier molecular flexibility index (Phi) is 6.36. The largest absolute Gasteiger partial charge is 0.480 e.